The van der Waals surface area contributed by atoms with Crippen LogP contribution < -0.4 is 4.90 Å². The van der Waals surface area contributed by atoms with E-state index in [1.54, 1.807) is 19.1 Å². The van der Waals surface area contributed by atoms with E-state index < -0.39 is 23.5 Å². The molecule has 0 saturated carbocycles. The number of rotatable bonds is 7. The Balaban J connectivity index is 1.50. The van der Waals surface area contributed by atoms with Gasteiger partial charge in [0.2, 0.25) is 10.9 Å². The summed E-state index contributed by atoms with van der Waals surface area (Å²) in [6.45, 7) is 10.1. The summed E-state index contributed by atoms with van der Waals surface area (Å²) in [6.07, 6.45) is 0. The van der Waals surface area contributed by atoms with E-state index >= 15 is 0 Å². The molecule has 1 amide bonds. The second-order valence-corrected chi connectivity index (χ2v) is 12.8. The van der Waals surface area contributed by atoms with Crippen molar-refractivity contribution in [1.29, 1.82) is 0 Å². The number of hydrogen-bond acceptors (Lipinski definition) is 8. The fourth-order valence-corrected chi connectivity index (χ4v) is 6.22. The molecule has 0 fully saturated rings. The molecule has 2 aromatic heterocycles. The summed E-state index contributed by atoms with van der Waals surface area (Å²) in [6, 6.07) is 18.4. The lowest BCUT2D eigenvalue weighted by Gasteiger charge is -2.25. The van der Waals surface area contributed by atoms with Crippen molar-refractivity contribution in [2.24, 2.45) is 0 Å². The first-order valence-corrected chi connectivity index (χ1v) is 14.3. The van der Waals surface area contributed by atoms with Gasteiger partial charge in [-0.3, -0.25) is 14.5 Å². The predicted molar refractivity (Wildman–Crippen MR) is 153 cm³/mol. The van der Waals surface area contributed by atoms with Crippen molar-refractivity contribution in [1.82, 2.24) is 10.2 Å². The first-order valence-electron chi connectivity index (χ1n) is 12.5. The van der Waals surface area contributed by atoms with Gasteiger partial charge in [0, 0.05) is 5.75 Å². The lowest BCUT2D eigenvalue weighted by atomic mass is 9.85. The Labute approximate surface area is 235 Å². The molecule has 2 aromatic carbocycles. The highest BCUT2D eigenvalue weighted by molar-refractivity contribution is 8.00. The molecule has 0 radical (unpaired) electrons. The first-order chi connectivity index (χ1) is 18.5. The number of thioether (sulfide) groups is 1. The molecule has 1 unspecified atom stereocenters. The van der Waals surface area contributed by atoms with Crippen LogP contribution in [0.1, 0.15) is 65.4 Å². The summed E-state index contributed by atoms with van der Waals surface area (Å²) in [7, 11) is 0. The average molecular weight is 560 g/mol. The molecule has 1 aliphatic rings. The quantitative estimate of drug-likeness (QED) is 0.146. The fourth-order valence-electron chi connectivity index (χ4n) is 4.39. The number of aliphatic hydroxyl groups excluding tert-OH is 1. The van der Waals surface area contributed by atoms with Gasteiger partial charge in [-0.1, -0.05) is 98.0 Å². The Morgan fingerprint density at radius 3 is 2.33 bits per heavy atom. The van der Waals surface area contributed by atoms with E-state index in [1.807, 2.05) is 31.2 Å². The number of aryl methyl sites for hydroxylation is 2. The van der Waals surface area contributed by atoms with Crippen LogP contribution in [-0.2, 0) is 16.0 Å². The van der Waals surface area contributed by atoms with Gasteiger partial charge in [-0.25, -0.2) is 0 Å². The number of anilines is 1. The third kappa shape index (κ3) is 5.42. The Bertz CT molecular complexity index is 1560. The van der Waals surface area contributed by atoms with E-state index in [1.165, 1.54) is 33.6 Å². The van der Waals surface area contributed by atoms with Gasteiger partial charge in [0.1, 0.15) is 5.76 Å². The van der Waals surface area contributed by atoms with Gasteiger partial charge >= 0.3 is 0 Å². The number of benzene rings is 2. The minimum atomic E-state index is -0.882. The van der Waals surface area contributed by atoms with E-state index in [9.17, 15) is 14.7 Å². The molecule has 7 nitrogen and oxygen atoms in total. The van der Waals surface area contributed by atoms with Crippen LogP contribution in [0.2, 0.25) is 0 Å². The molecule has 200 valence electrons. The summed E-state index contributed by atoms with van der Waals surface area (Å²) < 4.78 is 6.24. The molecule has 9 heteroatoms. The van der Waals surface area contributed by atoms with Gasteiger partial charge in [0.05, 0.1) is 11.6 Å². The van der Waals surface area contributed by atoms with Crippen LogP contribution in [0, 0.1) is 13.8 Å². The van der Waals surface area contributed by atoms with E-state index in [0.29, 0.717) is 26.5 Å². The van der Waals surface area contributed by atoms with Crippen molar-refractivity contribution in [2.75, 3.05) is 4.90 Å². The smallest absolute Gasteiger partial charge is 0.296 e. The highest BCUT2D eigenvalue weighted by Crippen LogP contribution is 2.44. The number of carbonyl (C=O) groups excluding carboxylic acids is 2. The van der Waals surface area contributed by atoms with E-state index in [2.05, 4.69) is 55.2 Å². The second-order valence-electron chi connectivity index (χ2n) is 10.6. The summed E-state index contributed by atoms with van der Waals surface area (Å²) in [4.78, 5) is 28.4. The molecular formula is C30H29N3O4S2. The van der Waals surface area contributed by atoms with Crippen LogP contribution in [0.3, 0.4) is 0 Å². The standard InChI is InChI=1S/C30H29N3O4S2/c1-17-6-9-19(10-7-17)16-38-29-32-31-28(39-29)33-24(20-11-13-21(14-12-20)30(3,4)5)23(26(35)27(33)36)25(34)22-15-8-18(2)37-22/h6-15,24,35H,16H2,1-5H3. The van der Waals surface area contributed by atoms with Gasteiger partial charge in [0.25, 0.3) is 5.91 Å². The largest absolute Gasteiger partial charge is 0.503 e. The number of furan rings is 1. The van der Waals surface area contributed by atoms with E-state index in [4.69, 9.17) is 4.42 Å². The van der Waals surface area contributed by atoms with Crippen LogP contribution in [0.5, 0.6) is 0 Å². The molecule has 4 aromatic rings. The number of carbonyl (C=O) groups is 2. The van der Waals surface area contributed by atoms with Crippen LogP contribution in [-0.4, -0.2) is 27.0 Å². The van der Waals surface area contributed by atoms with Gasteiger partial charge in [-0.15, -0.1) is 10.2 Å². The Kier molecular flexibility index (Phi) is 7.22. The summed E-state index contributed by atoms with van der Waals surface area (Å²) in [5.41, 5.74) is 4.01. The number of aromatic nitrogens is 2. The number of hydrogen-bond donors (Lipinski definition) is 1. The SMILES string of the molecule is Cc1ccc(CSc2nnc(N3C(=O)C(O)=C(C(=O)c4ccc(C)o4)C3c3ccc(C(C)(C)C)cc3)s2)cc1. The lowest BCUT2D eigenvalue weighted by Crippen LogP contribution is -2.31. The molecular weight excluding hydrogens is 530 g/mol. The molecule has 5 rings (SSSR count). The maximum atomic E-state index is 13.6. The monoisotopic (exact) mass is 559 g/mol. The van der Waals surface area contributed by atoms with Crippen molar-refractivity contribution in [3.63, 3.8) is 0 Å². The summed E-state index contributed by atoms with van der Waals surface area (Å²) >= 11 is 2.77. The van der Waals surface area contributed by atoms with Crippen LogP contribution in [0.15, 0.2) is 80.8 Å². The first kappa shape index (κ1) is 26.9. The molecule has 0 aliphatic carbocycles. The molecule has 1 atom stereocenters. The molecule has 39 heavy (non-hydrogen) atoms. The van der Waals surface area contributed by atoms with Crippen LogP contribution in [0.25, 0.3) is 0 Å². The fraction of sp³-hybridized carbons (Fsp3) is 0.267. The maximum Gasteiger partial charge on any atom is 0.296 e. The van der Waals surface area contributed by atoms with Crippen molar-refractivity contribution in [3.8, 4) is 0 Å². The van der Waals surface area contributed by atoms with Gasteiger partial charge < -0.3 is 9.52 Å². The molecule has 1 aliphatic heterocycles. The van der Waals surface area contributed by atoms with Crippen LogP contribution >= 0.6 is 23.1 Å². The van der Waals surface area contributed by atoms with E-state index in [-0.39, 0.29) is 16.7 Å². The number of ketones is 1. The van der Waals surface area contributed by atoms with Crippen molar-refractivity contribution >= 4 is 39.9 Å². The number of nitrogens with zero attached hydrogens (tertiary/aromatic N) is 3. The predicted octanol–water partition coefficient (Wildman–Crippen LogP) is 7.12. The lowest BCUT2D eigenvalue weighted by molar-refractivity contribution is -0.117. The minimum absolute atomic E-state index is 0.0399. The normalized spacial score (nSPS) is 15.9. The number of amides is 1. The van der Waals surface area contributed by atoms with Crippen molar-refractivity contribution in [2.45, 2.75) is 56.2 Å². The third-order valence-corrected chi connectivity index (χ3v) is 8.72. The van der Waals surface area contributed by atoms with Gasteiger partial charge in [-0.2, -0.15) is 0 Å². The van der Waals surface area contributed by atoms with Crippen molar-refractivity contribution in [3.05, 3.63) is 106 Å². The topological polar surface area (TPSA) is 96.5 Å². The summed E-state index contributed by atoms with van der Waals surface area (Å²) in [5.74, 6) is -0.525. The molecule has 1 N–H and O–H groups in total. The Morgan fingerprint density at radius 1 is 1.03 bits per heavy atom. The van der Waals surface area contributed by atoms with Crippen LogP contribution in [0.4, 0.5) is 5.13 Å². The molecule has 0 bridgehead atoms. The molecule has 3 heterocycles. The average Bonchev–Trinajstić information content (AvgIpc) is 3.61. The maximum absolute atomic E-state index is 13.6. The highest BCUT2D eigenvalue weighted by Gasteiger charge is 2.46. The number of aliphatic hydroxyl groups is 1. The van der Waals surface area contributed by atoms with Crippen molar-refractivity contribution < 1.29 is 19.1 Å². The highest BCUT2D eigenvalue weighted by atomic mass is 32.2. The zero-order valence-corrected chi connectivity index (χ0v) is 24.0. The zero-order chi connectivity index (χ0) is 27.9. The Hall–Kier alpha value is -3.69. The minimum Gasteiger partial charge on any atom is -0.503 e. The van der Waals surface area contributed by atoms with E-state index in [0.717, 1.165) is 11.1 Å². The summed E-state index contributed by atoms with van der Waals surface area (Å²) in [5, 5.41) is 19.9. The Morgan fingerprint density at radius 2 is 1.72 bits per heavy atom. The van der Waals surface area contributed by atoms with Gasteiger partial charge in [-0.05, 0) is 48.1 Å². The molecule has 0 spiro atoms. The third-order valence-electron chi connectivity index (χ3n) is 6.59. The molecule has 0 saturated heterocycles. The number of Topliss-reactive ketones (excluding diaryl/α,β-unsaturated/α-hetero) is 1. The second kappa shape index (κ2) is 10.5. The van der Waals surface area contributed by atoms with Gasteiger partial charge in [0.15, 0.2) is 15.9 Å². The zero-order valence-electron chi connectivity index (χ0n) is 22.4.